The van der Waals surface area contributed by atoms with Gasteiger partial charge in [-0.25, -0.2) is 0 Å². The van der Waals surface area contributed by atoms with E-state index in [0.717, 1.165) is 0 Å². The molecule has 5 heteroatoms. The van der Waals surface area contributed by atoms with Gasteiger partial charge < -0.3 is 11.2 Å². The predicted molar refractivity (Wildman–Crippen MR) is 51.6 cm³/mol. The molecule has 0 aliphatic rings. The van der Waals surface area contributed by atoms with Gasteiger partial charge in [0.25, 0.3) is 0 Å². The summed E-state index contributed by atoms with van der Waals surface area (Å²) in [6, 6.07) is 0. The van der Waals surface area contributed by atoms with E-state index in [1.165, 1.54) is 0 Å². The molecule has 0 aliphatic carbocycles. The summed E-state index contributed by atoms with van der Waals surface area (Å²) in [5.74, 6) is 5.13. The number of rotatable bonds is 3. The number of hydrazine groups is 1. The molecule has 5 N–H and O–H groups in total. The predicted octanol–water partition coefficient (Wildman–Crippen LogP) is 1.28. The minimum Gasteiger partial charge on any atom is -0.396 e. The van der Waals surface area contributed by atoms with E-state index >= 15 is 0 Å². The topological polar surface area (TPSA) is 64.1 Å². The van der Waals surface area contributed by atoms with Crippen molar-refractivity contribution in [1.29, 1.82) is 0 Å². The maximum Gasteiger partial charge on any atom is 0.0869 e. The number of hydrogen-bond donors (Lipinski definition) is 3. The Morgan fingerprint density at radius 1 is 1.45 bits per heavy atom. The number of hydrogen-bond acceptors (Lipinski definition) is 3. The van der Waals surface area contributed by atoms with Gasteiger partial charge in [0.1, 0.15) is 0 Å². The van der Waals surface area contributed by atoms with E-state index in [2.05, 4.69) is 34.5 Å². The molecule has 0 rings (SSSR count). The highest BCUT2D eigenvalue weighted by Gasteiger charge is 2.04. The van der Waals surface area contributed by atoms with Gasteiger partial charge in [-0.3, -0.25) is 5.84 Å². The Bertz CT molecular complexity index is 222. The Morgan fingerprint density at radius 3 is 2.00 bits per heavy atom. The number of halogens is 2. The Balaban J connectivity index is 4.83. The standard InChI is InChI=1S/C6H9BrClN3/c1-3(7)6(11-10)5(9)4(2)8/h11H,1-2,9-10H2/b6-5-. The maximum absolute atomic E-state index is 5.51. The van der Waals surface area contributed by atoms with Crippen LogP contribution in [0.15, 0.2) is 34.1 Å². The lowest BCUT2D eigenvalue weighted by Crippen LogP contribution is -2.24. The van der Waals surface area contributed by atoms with Crippen LogP contribution in [0.25, 0.3) is 0 Å². The van der Waals surface area contributed by atoms with Crippen molar-refractivity contribution in [2.45, 2.75) is 0 Å². The molecule has 0 aromatic heterocycles. The molecule has 0 aromatic rings. The van der Waals surface area contributed by atoms with Crippen LogP contribution >= 0.6 is 27.5 Å². The Hall–Kier alpha value is -0.450. The van der Waals surface area contributed by atoms with Gasteiger partial charge in [-0.1, -0.05) is 24.8 Å². The molecule has 0 heterocycles. The van der Waals surface area contributed by atoms with Gasteiger partial charge in [0.15, 0.2) is 0 Å². The largest absolute Gasteiger partial charge is 0.396 e. The number of nitrogens with one attached hydrogen (secondary N) is 1. The quantitative estimate of drug-likeness (QED) is 0.394. The van der Waals surface area contributed by atoms with E-state index in [-0.39, 0.29) is 10.7 Å². The zero-order valence-electron chi connectivity index (χ0n) is 5.82. The number of nitrogens with two attached hydrogens (primary N) is 2. The lowest BCUT2D eigenvalue weighted by Gasteiger charge is -2.07. The van der Waals surface area contributed by atoms with Gasteiger partial charge in [0, 0.05) is 4.48 Å². The molecule has 0 bridgehead atoms. The van der Waals surface area contributed by atoms with Crippen LogP contribution in [0.3, 0.4) is 0 Å². The SMILES string of the molecule is C=C(Cl)/C(N)=C(/NN)C(=C)Br. The molecule has 0 spiro atoms. The monoisotopic (exact) mass is 237 g/mol. The van der Waals surface area contributed by atoms with Crippen molar-refractivity contribution in [1.82, 2.24) is 5.43 Å². The van der Waals surface area contributed by atoms with Crippen molar-refractivity contribution in [3.05, 3.63) is 34.1 Å². The highest BCUT2D eigenvalue weighted by atomic mass is 79.9. The third-order valence-electron chi connectivity index (χ3n) is 0.977. The van der Waals surface area contributed by atoms with Crippen LogP contribution < -0.4 is 17.0 Å². The Kier molecular flexibility index (Phi) is 4.25. The summed E-state index contributed by atoms with van der Waals surface area (Å²) < 4.78 is 0.527. The summed E-state index contributed by atoms with van der Waals surface area (Å²) >= 11 is 8.61. The molecule has 0 saturated carbocycles. The van der Waals surface area contributed by atoms with E-state index in [9.17, 15) is 0 Å². The van der Waals surface area contributed by atoms with Crippen molar-refractivity contribution in [2.75, 3.05) is 0 Å². The summed E-state index contributed by atoms with van der Waals surface area (Å²) in [6.07, 6.45) is 0. The zero-order valence-corrected chi connectivity index (χ0v) is 8.17. The first kappa shape index (κ1) is 10.6. The first-order valence-electron chi connectivity index (χ1n) is 2.66. The van der Waals surface area contributed by atoms with Crippen LogP contribution in [0.2, 0.25) is 0 Å². The zero-order chi connectivity index (χ0) is 9.02. The van der Waals surface area contributed by atoms with Crippen LogP contribution in [0.4, 0.5) is 0 Å². The van der Waals surface area contributed by atoms with Gasteiger partial charge in [-0.05, 0) is 15.9 Å². The molecule has 3 nitrogen and oxygen atoms in total. The summed E-state index contributed by atoms with van der Waals surface area (Å²) in [5, 5.41) is 0.221. The molecular weight excluding hydrogens is 229 g/mol. The average molecular weight is 239 g/mol. The highest BCUT2D eigenvalue weighted by Crippen LogP contribution is 2.18. The third kappa shape index (κ3) is 2.96. The van der Waals surface area contributed by atoms with Crippen LogP contribution in [-0.2, 0) is 0 Å². The van der Waals surface area contributed by atoms with E-state index in [4.69, 9.17) is 23.2 Å². The van der Waals surface area contributed by atoms with E-state index in [1.54, 1.807) is 0 Å². The lowest BCUT2D eigenvalue weighted by atomic mass is 10.3. The molecule has 0 aromatic carbocycles. The fraction of sp³-hybridized carbons (Fsp3) is 0. The van der Waals surface area contributed by atoms with Crippen molar-refractivity contribution in [2.24, 2.45) is 11.6 Å². The smallest absolute Gasteiger partial charge is 0.0869 e. The molecule has 0 saturated heterocycles. The number of allylic oxidation sites excluding steroid dienone is 2. The second-order valence-electron chi connectivity index (χ2n) is 1.74. The first-order valence-corrected chi connectivity index (χ1v) is 3.83. The summed E-state index contributed by atoms with van der Waals surface area (Å²) in [4.78, 5) is 0. The summed E-state index contributed by atoms with van der Waals surface area (Å²) in [5.41, 5.74) is 8.54. The summed E-state index contributed by atoms with van der Waals surface area (Å²) in [6.45, 7) is 7.00. The first-order chi connectivity index (χ1) is 5.00. The van der Waals surface area contributed by atoms with Gasteiger partial charge in [-0.15, -0.1) is 0 Å². The third-order valence-corrected chi connectivity index (χ3v) is 1.58. The molecule has 62 valence electrons. The lowest BCUT2D eigenvalue weighted by molar-refractivity contribution is 0.897. The molecule has 0 fully saturated rings. The second kappa shape index (κ2) is 4.43. The van der Waals surface area contributed by atoms with Crippen LogP contribution in [0.1, 0.15) is 0 Å². The average Bonchev–Trinajstić information content (AvgIpc) is 1.88. The maximum atomic E-state index is 5.51. The van der Waals surface area contributed by atoms with Crippen molar-refractivity contribution in [3.8, 4) is 0 Å². The fourth-order valence-corrected chi connectivity index (χ4v) is 0.860. The van der Waals surface area contributed by atoms with Crippen molar-refractivity contribution >= 4 is 27.5 Å². The van der Waals surface area contributed by atoms with Gasteiger partial charge in [-0.2, -0.15) is 0 Å². The fourth-order valence-electron chi connectivity index (χ4n) is 0.438. The highest BCUT2D eigenvalue weighted by molar-refractivity contribution is 9.11. The molecule has 0 radical (unpaired) electrons. The Morgan fingerprint density at radius 2 is 1.91 bits per heavy atom. The second-order valence-corrected chi connectivity index (χ2v) is 3.16. The molecule has 0 unspecified atom stereocenters. The normalized spacial score (nSPS) is 11.9. The van der Waals surface area contributed by atoms with Crippen LogP contribution in [-0.4, -0.2) is 0 Å². The molecule has 11 heavy (non-hydrogen) atoms. The molecule has 0 aliphatic heterocycles. The van der Waals surface area contributed by atoms with Gasteiger partial charge >= 0.3 is 0 Å². The molecule has 0 atom stereocenters. The van der Waals surface area contributed by atoms with E-state index in [0.29, 0.717) is 10.2 Å². The van der Waals surface area contributed by atoms with Crippen LogP contribution in [0, 0.1) is 0 Å². The van der Waals surface area contributed by atoms with Gasteiger partial charge in [0.05, 0.1) is 16.4 Å². The minimum atomic E-state index is 0.221. The van der Waals surface area contributed by atoms with Crippen molar-refractivity contribution in [3.63, 3.8) is 0 Å². The summed E-state index contributed by atoms with van der Waals surface area (Å²) in [7, 11) is 0. The Labute approximate surface area is 78.9 Å². The molecular formula is C6H9BrClN3. The van der Waals surface area contributed by atoms with Gasteiger partial charge in [0.2, 0.25) is 0 Å². The van der Waals surface area contributed by atoms with E-state index < -0.39 is 0 Å². The van der Waals surface area contributed by atoms with E-state index in [1.807, 2.05) is 0 Å². The van der Waals surface area contributed by atoms with Crippen molar-refractivity contribution < 1.29 is 0 Å². The minimum absolute atomic E-state index is 0.221. The van der Waals surface area contributed by atoms with Crippen LogP contribution in [0.5, 0.6) is 0 Å². The molecule has 0 amide bonds.